The summed E-state index contributed by atoms with van der Waals surface area (Å²) in [6, 6.07) is 8.81. The summed E-state index contributed by atoms with van der Waals surface area (Å²) in [6.45, 7) is 19.8. The topological polar surface area (TPSA) is 140 Å². The minimum absolute atomic E-state index is 0. The SMILES string of the molecule is CCCCC(C)(CCCC)c1cc(C=NC2CC2N=Cc2cc(C(C)C)cc(C(C)C)c2O)c(O)c(C(C)C)c1.O=C(O)C(=O)O.[CH3-].[Cr]. The van der Waals surface area contributed by atoms with E-state index in [0.29, 0.717) is 17.4 Å². The second-order valence-electron chi connectivity index (χ2n) is 13.8. The number of phenols is 2. The molecule has 1 saturated carbocycles. The van der Waals surface area contributed by atoms with Gasteiger partial charge in [0.2, 0.25) is 0 Å². The zero-order chi connectivity index (χ0) is 34.8. The van der Waals surface area contributed by atoms with E-state index in [-0.39, 0.29) is 54.1 Å². The van der Waals surface area contributed by atoms with Crippen molar-refractivity contribution in [3.63, 3.8) is 0 Å². The Balaban J connectivity index is 0.00000252. The van der Waals surface area contributed by atoms with Gasteiger partial charge in [-0.25, -0.2) is 9.59 Å². The number of hydrogen-bond donors (Lipinski definition) is 4. The van der Waals surface area contributed by atoms with Gasteiger partial charge in [-0.05, 0) is 76.8 Å². The maximum absolute atomic E-state index is 11.2. The molecule has 0 spiro atoms. The first-order chi connectivity index (χ1) is 21.6. The number of aliphatic carboxylic acids is 2. The third-order valence-corrected chi connectivity index (χ3v) is 8.85. The Labute approximate surface area is 300 Å². The fraction of sp³-hybridized carbons (Fsp3) is 0.564. The molecule has 0 radical (unpaired) electrons. The van der Waals surface area contributed by atoms with Gasteiger partial charge in [0.25, 0.3) is 0 Å². The molecular formula is C39H59CrN2O6-. The van der Waals surface area contributed by atoms with E-state index in [9.17, 15) is 10.2 Å². The van der Waals surface area contributed by atoms with Crippen molar-refractivity contribution < 1.29 is 47.4 Å². The number of carboxylic acids is 2. The Bertz CT molecular complexity index is 1380. The maximum Gasteiger partial charge on any atom is 0.414 e. The summed E-state index contributed by atoms with van der Waals surface area (Å²) in [7, 11) is 0. The van der Waals surface area contributed by atoms with Crippen LogP contribution in [0, 0.1) is 7.43 Å². The second kappa shape index (κ2) is 20.4. The average Bonchev–Trinajstić information content (AvgIpc) is 3.75. The molecule has 8 nitrogen and oxygen atoms in total. The number of unbranched alkanes of at least 4 members (excludes halogenated alkanes) is 2. The van der Waals surface area contributed by atoms with E-state index in [0.717, 1.165) is 41.5 Å². The largest absolute Gasteiger partial charge is 0.507 e. The van der Waals surface area contributed by atoms with Crippen LogP contribution in [0.15, 0.2) is 34.3 Å². The zero-order valence-corrected chi connectivity index (χ0v) is 32.0. The van der Waals surface area contributed by atoms with Crippen LogP contribution in [0.25, 0.3) is 0 Å². The summed E-state index contributed by atoms with van der Waals surface area (Å²) in [5, 5.41) is 36.8. The van der Waals surface area contributed by atoms with Crippen molar-refractivity contribution in [2.24, 2.45) is 9.98 Å². The van der Waals surface area contributed by atoms with Gasteiger partial charge in [-0.15, -0.1) is 0 Å². The molecule has 2 atom stereocenters. The van der Waals surface area contributed by atoms with Crippen molar-refractivity contribution in [3.8, 4) is 11.5 Å². The van der Waals surface area contributed by atoms with Crippen molar-refractivity contribution >= 4 is 24.4 Å². The number of nitrogens with zero attached hydrogens (tertiary/aromatic N) is 2. The molecule has 1 aliphatic rings. The van der Waals surface area contributed by atoms with Gasteiger partial charge in [0.15, 0.2) is 0 Å². The van der Waals surface area contributed by atoms with Crippen molar-refractivity contribution in [2.45, 2.75) is 143 Å². The van der Waals surface area contributed by atoms with Gasteiger partial charge in [-0.1, -0.05) is 100 Å². The molecule has 0 aliphatic heterocycles. The van der Waals surface area contributed by atoms with E-state index in [4.69, 9.17) is 29.8 Å². The Kier molecular flexibility index (Phi) is 19.0. The molecule has 1 fully saturated rings. The molecule has 0 amide bonds. The number of hydrogen-bond acceptors (Lipinski definition) is 6. The third kappa shape index (κ3) is 12.7. The molecule has 0 heterocycles. The van der Waals surface area contributed by atoms with E-state index in [1.54, 1.807) is 0 Å². The fourth-order valence-electron chi connectivity index (χ4n) is 5.53. The third-order valence-electron chi connectivity index (χ3n) is 8.85. The first-order valence-electron chi connectivity index (χ1n) is 16.8. The summed E-state index contributed by atoms with van der Waals surface area (Å²) in [6.07, 6.45) is 11.7. The van der Waals surface area contributed by atoms with Crippen molar-refractivity contribution in [1.29, 1.82) is 0 Å². The van der Waals surface area contributed by atoms with Gasteiger partial charge in [-0.3, -0.25) is 9.98 Å². The molecule has 0 aromatic heterocycles. The molecule has 3 rings (SSSR count). The smallest absolute Gasteiger partial charge is 0.414 e. The Hall–Kier alpha value is -3.15. The predicted octanol–water partition coefficient (Wildman–Crippen LogP) is 9.39. The number of benzene rings is 2. The van der Waals surface area contributed by atoms with E-state index >= 15 is 0 Å². The Morgan fingerprint density at radius 1 is 0.771 bits per heavy atom. The molecule has 2 aromatic carbocycles. The van der Waals surface area contributed by atoms with Gasteiger partial charge < -0.3 is 27.9 Å². The van der Waals surface area contributed by atoms with Crippen LogP contribution in [0.4, 0.5) is 0 Å². The quantitative estimate of drug-likeness (QED) is 0.0878. The number of carboxylic acid groups (broad SMARTS) is 2. The van der Waals surface area contributed by atoms with E-state index in [2.05, 4.69) is 86.6 Å². The normalized spacial score (nSPS) is 15.8. The summed E-state index contributed by atoms with van der Waals surface area (Å²) in [5.41, 5.74) is 6.22. The number of aromatic hydroxyl groups is 2. The second-order valence-corrected chi connectivity index (χ2v) is 13.8. The van der Waals surface area contributed by atoms with Crippen LogP contribution >= 0.6 is 0 Å². The van der Waals surface area contributed by atoms with E-state index < -0.39 is 11.9 Å². The van der Waals surface area contributed by atoms with Crippen molar-refractivity contribution in [3.05, 3.63) is 65.1 Å². The summed E-state index contributed by atoms with van der Waals surface area (Å²) in [5.74, 6) is -2.10. The summed E-state index contributed by atoms with van der Waals surface area (Å²) in [4.78, 5) is 27.9. The van der Waals surface area contributed by atoms with Crippen LogP contribution < -0.4 is 0 Å². The van der Waals surface area contributed by atoms with Crippen LogP contribution in [0.1, 0.15) is 158 Å². The summed E-state index contributed by atoms with van der Waals surface area (Å²) >= 11 is 0. The summed E-state index contributed by atoms with van der Waals surface area (Å²) < 4.78 is 0. The molecule has 268 valence electrons. The zero-order valence-electron chi connectivity index (χ0n) is 30.7. The predicted molar refractivity (Wildman–Crippen MR) is 194 cm³/mol. The van der Waals surface area contributed by atoms with Gasteiger partial charge in [-0.2, -0.15) is 0 Å². The van der Waals surface area contributed by atoms with Crippen LogP contribution in [0.3, 0.4) is 0 Å². The molecule has 1 aliphatic carbocycles. The van der Waals surface area contributed by atoms with Crippen LogP contribution in [0.5, 0.6) is 11.5 Å². The fourth-order valence-corrected chi connectivity index (χ4v) is 5.53. The minimum atomic E-state index is -1.82. The maximum atomic E-state index is 11.2. The van der Waals surface area contributed by atoms with Crippen molar-refractivity contribution in [2.75, 3.05) is 0 Å². The van der Waals surface area contributed by atoms with Crippen molar-refractivity contribution in [1.82, 2.24) is 0 Å². The van der Waals surface area contributed by atoms with Gasteiger partial charge in [0.1, 0.15) is 11.5 Å². The molecule has 2 aromatic rings. The molecule has 9 heteroatoms. The molecule has 0 saturated heterocycles. The van der Waals surface area contributed by atoms with Crippen LogP contribution in [-0.2, 0) is 32.4 Å². The van der Waals surface area contributed by atoms with Crippen LogP contribution in [-0.4, -0.2) is 56.9 Å². The average molecular weight is 704 g/mol. The molecule has 48 heavy (non-hydrogen) atoms. The monoisotopic (exact) mass is 703 g/mol. The molecule has 2 unspecified atom stereocenters. The van der Waals surface area contributed by atoms with Crippen LogP contribution in [0.2, 0.25) is 0 Å². The Morgan fingerprint density at radius 2 is 1.19 bits per heavy atom. The number of aliphatic imine (C=N–C) groups is 2. The number of rotatable bonds is 14. The first kappa shape index (κ1) is 44.9. The van der Waals surface area contributed by atoms with E-state index in [1.165, 1.54) is 36.8 Å². The number of carbonyl (C=O) groups is 2. The number of phenolic OH excluding ortho intramolecular Hbond substituents is 2. The van der Waals surface area contributed by atoms with Gasteiger partial charge in [0, 0.05) is 40.9 Å². The van der Waals surface area contributed by atoms with Gasteiger partial charge in [0.05, 0.1) is 12.1 Å². The Morgan fingerprint density at radius 3 is 1.56 bits per heavy atom. The molecular weight excluding hydrogens is 644 g/mol. The van der Waals surface area contributed by atoms with Gasteiger partial charge >= 0.3 is 11.9 Å². The minimum Gasteiger partial charge on any atom is -0.507 e. The molecule has 0 bridgehead atoms. The first-order valence-corrected chi connectivity index (χ1v) is 16.8. The molecule has 4 N–H and O–H groups in total. The standard InChI is InChI=1S/C36H54N2O2.C2H2O4.CH3.Cr/c1-10-12-14-36(9,15-13-11-2)29-17-28(35(40)31(19-29)25(7)8)22-38-33-20-32(33)37-21-27-16-26(23(3)4)18-30(24(5)6)34(27)39;3-1(4)2(5)6;;/h16-19,21-25,32-33,39-40H,10-15,20H2,1-9H3;(H,3,4)(H,5,6);1H3;/q;;-1;. The van der Waals surface area contributed by atoms with E-state index in [1.807, 2.05) is 12.4 Å².